The quantitative estimate of drug-likeness (QED) is 0.584. The van der Waals surface area contributed by atoms with Crippen molar-refractivity contribution in [3.8, 4) is 0 Å². The number of aliphatic hydroxyl groups is 1. The first-order chi connectivity index (χ1) is 4.66. The van der Waals surface area contributed by atoms with Crippen LogP contribution in [0.5, 0.6) is 0 Å². The van der Waals surface area contributed by atoms with Crippen molar-refractivity contribution in [2.24, 2.45) is 5.92 Å². The normalized spacial score (nSPS) is 16.3. The molecule has 0 amide bonds. The SMILES string of the molecule is C=CCC[C@@H](C)C[C@H](C)O. The van der Waals surface area contributed by atoms with Crippen molar-refractivity contribution in [1.29, 1.82) is 0 Å². The molecule has 0 spiro atoms. The molecule has 60 valence electrons. The van der Waals surface area contributed by atoms with Gasteiger partial charge in [0.15, 0.2) is 0 Å². The maximum atomic E-state index is 9.00. The first-order valence-electron chi connectivity index (χ1n) is 3.95. The second-order valence-electron chi connectivity index (χ2n) is 3.06. The molecule has 0 aromatic carbocycles. The molecule has 0 heterocycles. The zero-order chi connectivity index (χ0) is 7.98. The Labute approximate surface area is 63.8 Å². The van der Waals surface area contributed by atoms with Gasteiger partial charge in [-0.15, -0.1) is 6.58 Å². The van der Waals surface area contributed by atoms with Gasteiger partial charge >= 0.3 is 0 Å². The van der Waals surface area contributed by atoms with E-state index in [9.17, 15) is 0 Å². The van der Waals surface area contributed by atoms with Crippen molar-refractivity contribution in [3.05, 3.63) is 12.7 Å². The van der Waals surface area contributed by atoms with Crippen molar-refractivity contribution in [3.63, 3.8) is 0 Å². The Hall–Kier alpha value is -0.300. The minimum Gasteiger partial charge on any atom is -0.393 e. The van der Waals surface area contributed by atoms with E-state index >= 15 is 0 Å². The zero-order valence-electron chi connectivity index (χ0n) is 7.01. The predicted molar refractivity (Wildman–Crippen MR) is 44.9 cm³/mol. The molecule has 0 aliphatic heterocycles. The van der Waals surface area contributed by atoms with Crippen LogP contribution in [-0.4, -0.2) is 11.2 Å². The van der Waals surface area contributed by atoms with Crippen LogP contribution in [0.3, 0.4) is 0 Å². The van der Waals surface area contributed by atoms with E-state index in [1.165, 1.54) is 0 Å². The first kappa shape index (κ1) is 9.70. The second-order valence-corrected chi connectivity index (χ2v) is 3.06. The molecule has 0 saturated heterocycles. The molecule has 0 aromatic heterocycles. The summed E-state index contributed by atoms with van der Waals surface area (Å²) in [4.78, 5) is 0. The third-order valence-corrected chi connectivity index (χ3v) is 1.61. The molecule has 0 saturated carbocycles. The molecule has 0 bridgehead atoms. The summed E-state index contributed by atoms with van der Waals surface area (Å²) >= 11 is 0. The lowest BCUT2D eigenvalue weighted by molar-refractivity contribution is 0.162. The molecule has 0 aliphatic rings. The molecule has 0 radical (unpaired) electrons. The van der Waals surface area contributed by atoms with Crippen LogP contribution in [0.4, 0.5) is 0 Å². The van der Waals surface area contributed by atoms with E-state index in [0.717, 1.165) is 19.3 Å². The van der Waals surface area contributed by atoms with Gasteiger partial charge in [0.1, 0.15) is 0 Å². The number of hydrogen-bond donors (Lipinski definition) is 1. The average molecular weight is 142 g/mol. The standard InChI is InChI=1S/C9H18O/c1-4-5-6-8(2)7-9(3)10/h4,8-10H,1,5-7H2,2-3H3/t8-,9+/m1/s1. The van der Waals surface area contributed by atoms with E-state index in [0.29, 0.717) is 5.92 Å². The van der Waals surface area contributed by atoms with E-state index in [2.05, 4.69) is 13.5 Å². The van der Waals surface area contributed by atoms with Crippen LogP contribution in [0.15, 0.2) is 12.7 Å². The number of aliphatic hydroxyl groups excluding tert-OH is 1. The molecule has 0 fully saturated rings. The Kier molecular flexibility index (Phi) is 5.32. The smallest absolute Gasteiger partial charge is 0.0514 e. The van der Waals surface area contributed by atoms with E-state index in [-0.39, 0.29) is 6.10 Å². The molecule has 0 aromatic rings. The summed E-state index contributed by atoms with van der Waals surface area (Å²) in [5.74, 6) is 0.623. The summed E-state index contributed by atoms with van der Waals surface area (Å²) in [6.07, 6.45) is 4.90. The van der Waals surface area contributed by atoms with Crippen LogP contribution in [-0.2, 0) is 0 Å². The fourth-order valence-electron chi connectivity index (χ4n) is 1.10. The monoisotopic (exact) mass is 142 g/mol. The molecular weight excluding hydrogens is 124 g/mol. The lowest BCUT2D eigenvalue weighted by Gasteiger charge is -2.11. The van der Waals surface area contributed by atoms with Gasteiger partial charge in [0.2, 0.25) is 0 Å². The molecule has 2 atom stereocenters. The predicted octanol–water partition coefficient (Wildman–Crippen LogP) is 2.36. The Balaban J connectivity index is 3.24. The van der Waals surface area contributed by atoms with Crippen molar-refractivity contribution in [1.82, 2.24) is 0 Å². The molecule has 1 N–H and O–H groups in total. The van der Waals surface area contributed by atoms with Gasteiger partial charge in [-0.1, -0.05) is 13.0 Å². The minimum absolute atomic E-state index is 0.153. The van der Waals surface area contributed by atoms with Crippen molar-refractivity contribution >= 4 is 0 Å². The Morgan fingerprint density at radius 3 is 2.50 bits per heavy atom. The van der Waals surface area contributed by atoms with E-state index in [1.807, 2.05) is 13.0 Å². The molecule has 0 unspecified atom stereocenters. The molecule has 0 aliphatic carbocycles. The van der Waals surface area contributed by atoms with Crippen LogP contribution < -0.4 is 0 Å². The summed E-state index contributed by atoms with van der Waals surface area (Å²) in [6.45, 7) is 7.65. The third kappa shape index (κ3) is 5.83. The molecule has 1 heteroatoms. The van der Waals surface area contributed by atoms with Crippen LogP contribution >= 0.6 is 0 Å². The lowest BCUT2D eigenvalue weighted by Crippen LogP contribution is -2.06. The third-order valence-electron chi connectivity index (χ3n) is 1.61. The maximum Gasteiger partial charge on any atom is 0.0514 e. The van der Waals surface area contributed by atoms with Gasteiger partial charge in [-0.05, 0) is 32.1 Å². The highest BCUT2D eigenvalue weighted by atomic mass is 16.3. The molecule has 10 heavy (non-hydrogen) atoms. The highest BCUT2D eigenvalue weighted by Gasteiger charge is 2.03. The van der Waals surface area contributed by atoms with Crippen LogP contribution in [0.25, 0.3) is 0 Å². The van der Waals surface area contributed by atoms with E-state index < -0.39 is 0 Å². The second kappa shape index (κ2) is 5.48. The van der Waals surface area contributed by atoms with Crippen LogP contribution in [0, 0.1) is 5.92 Å². The molecule has 0 rings (SSSR count). The summed E-state index contributed by atoms with van der Waals surface area (Å²) in [7, 11) is 0. The highest BCUT2D eigenvalue weighted by Crippen LogP contribution is 2.12. The molecule has 1 nitrogen and oxygen atoms in total. The fourth-order valence-corrected chi connectivity index (χ4v) is 1.10. The summed E-state index contributed by atoms with van der Waals surface area (Å²) < 4.78 is 0. The number of hydrogen-bond acceptors (Lipinski definition) is 1. The average Bonchev–Trinajstić information content (AvgIpc) is 1.82. The molecular formula is C9H18O. The van der Waals surface area contributed by atoms with Gasteiger partial charge in [0, 0.05) is 0 Å². The fraction of sp³-hybridized carbons (Fsp3) is 0.778. The summed E-state index contributed by atoms with van der Waals surface area (Å²) in [5.41, 5.74) is 0. The topological polar surface area (TPSA) is 20.2 Å². The van der Waals surface area contributed by atoms with Crippen molar-refractivity contribution in [2.45, 2.75) is 39.2 Å². The van der Waals surface area contributed by atoms with Gasteiger partial charge < -0.3 is 5.11 Å². The number of rotatable bonds is 5. The van der Waals surface area contributed by atoms with Gasteiger partial charge in [0.25, 0.3) is 0 Å². The van der Waals surface area contributed by atoms with E-state index in [4.69, 9.17) is 5.11 Å². The van der Waals surface area contributed by atoms with Gasteiger partial charge in [-0.2, -0.15) is 0 Å². The Bertz CT molecular complexity index is 86.7. The summed E-state index contributed by atoms with van der Waals surface area (Å²) in [5, 5.41) is 9.00. The van der Waals surface area contributed by atoms with E-state index in [1.54, 1.807) is 0 Å². The van der Waals surface area contributed by atoms with Crippen molar-refractivity contribution < 1.29 is 5.11 Å². The van der Waals surface area contributed by atoms with Gasteiger partial charge in [0.05, 0.1) is 6.10 Å². The Morgan fingerprint density at radius 2 is 2.10 bits per heavy atom. The largest absolute Gasteiger partial charge is 0.393 e. The van der Waals surface area contributed by atoms with Crippen LogP contribution in [0.2, 0.25) is 0 Å². The van der Waals surface area contributed by atoms with Gasteiger partial charge in [-0.3, -0.25) is 0 Å². The van der Waals surface area contributed by atoms with Gasteiger partial charge in [-0.25, -0.2) is 0 Å². The summed E-state index contributed by atoms with van der Waals surface area (Å²) in [6, 6.07) is 0. The van der Waals surface area contributed by atoms with Crippen LogP contribution in [0.1, 0.15) is 33.1 Å². The first-order valence-corrected chi connectivity index (χ1v) is 3.95. The Morgan fingerprint density at radius 1 is 1.50 bits per heavy atom. The minimum atomic E-state index is -0.153. The highest BCUT2D eigenvalue weighted by molar-refractivity contribution is 4.68. The zero-order valence-corrected chi connectivity index (χ0v) is 7.01. The maximum absolute atomic E-state index is 9.00. The number of allylic oxidation sites excluding steroid dienone is 1. The lowest BCUT2D eigenvalue weighted by atomic mass is 9.99. The van der Waals surface area contributed by atoms with Crippen molar-refractivity contribution in [2.75, 3.05) is 0 Å².